The minimum atomic E-state index is -3.56. The van der Waals surface area contributed by atoms with E-state index in [1.807, 2.05) is 0 Å². The number of sulfonamides is 1. The molecule has 0 aromatic heterocycles. The van der Waals surface area contributed by atoms with Crippen LogP contribution in [0.15, 0.2) is 47.4 Å². The first kappa shape index (κ1) is 14.8. The van der Waals surface area contributed by atoms with E-state index in [1.165, 1.54) is 0 Å². The lowest BCUT2D eigenvalue weighted by Crippen LogP contribution is -2.24. The van der Waals surface area contributed by atoms with Crippen molar-refractivity contribution < 1.29 is 8.42 Å². The smallest absolute Gasteiger partial charge is 0.241 e. The Bertz CT molecular complexity index is 730. The Morgan fingerprint density at radius 1 is 1.20 bits per heavy atom. The minimum absolute atomic E-state index is 0.121. The summed E-state index contributed by atoms with van der Waals surface area (Å²) >= 11 is 6.02. The Morgan fingerprint density at radius 2 is 1.90 bits per heavy atom. The summed E-state index contributed by atoms with van der Waals surface area (Å²) in [5, 5.41) is 0.442. The molecule has 0 bridgehead atoms. The summed E-state index contributed by atoms with van der Waals surface area (Å²) in [6.45, 7) is 1.88. The molecular weight excluding hydrogens is 296 g/mol. The van der Waals surface area contributed by atoms with E-state index in [9.17, 15) is 8.42 Å². The van der Waals surface area contributed by atoms with Gasteiger partial charge in [0.1, 0.15) is 0 Å². The van der Waals surface area contributed by atoms with E-state index in [4.69, 9.17) is 17.3 Å². The molecule has 0 unspecified atom stereocenters. The molecule has 4 nitrogen and oxygen atoms in total. The van der Waals surface area contributed by atoms with Crippen LogP contribution >= 0.6 is 11.6 Å². The van der Waals surface area contributed by atoms with Gasteiger partial charge in [-0.2, -0.15) is 0 Å². The van der Waals surface area contributed by atoms with Crippen LogP contribution in [0.25, 0.3) is 0 Å². The lowest BCUT2D eigenvalue weighted by Gasteiger charge is -2.10. The van der Waals surface area contributed by atoms with E-state index >= 15 is 0 Å². The van der Waals surface area contributed by atoms with Gasteiger partial charge in [-0.3, -0.25) is 0 Å². The molecule has 0 aliphatic carbocycles. The fourth-order valence-corrected chi connectivity index (χ4v) is 3.32. The molecule has 0 spiro atoms. The van der Waals surface area contributed by atoms with E-state index in [-0.39, 0.29) is 11.4 Å². The van der Waals surface area contributed by atoms with E-state index in [0.29, 0.717) is 21.8 Å². The third-order valence-electron chi connectivity index (χ3n) is 2.91. The number of nitrogens with one attached hydrogen (secondary N) is 1. The maximum absolute atomic E-state index is 12.2. The first-order valence-corrected chi connectivity index (χ1v) is 7.85. The Labute approximate surface area is 123 Å². The molecule has 2 rings (SSSR count). The van der Waals surface area contributed by atoms with Gasteiger partial charge in [-0.15, -0.1) is 0 Å². The first-order valence-electron chi connectivity index (χ1n) is 5.99. The number of benzene rings is 2. The van der Waals surface area contributed by atoms with Gasteiger partial charge in [0.25, 0.3) is 0 Å². The summed E-state index contributed by atoms with van der Waals surface area (Å²) in [5.41, 5.74) is 7.52. The average Bonchev–Trinajstić information content (AvgIpc) is 2.38. The highest BCUT2D eigenvalue weighted by molar-refractivity contribution is 7.89. The number of hydrogen-bond donors (Lipinski definition) is 2. The Balaban J connectivity index is 2.20. The van der Waals surface area contributed by atoms with Crippen molar-refractivity contribution in [2.24, 2.45) is 0 Å². The predicted octanol–water partition coefficient (Wildman–Crippen LogP) is 2.71. The van der Waals surface area contributed by atoms with Gasteiger partial charge in [-0.05, 0) is 36.2 Å². The van der Waals surface area contributed by atoms with Crippen LogP contribution in [0.3, 0.4) is 0 Å². The number of nitrogen functional groups attached to an aromatic ring is 1. The van der Waals surface area contributed by atoms with Crippen molar-refractivity contribution in [3.05, 3.63) is 58.6 Å². The quantitative estimate of drug-likeness (QED) is 0.853. The molecule has 0 saturated heterocycles. The summed E-state index contributed by atoms with van der Waals surface area (Å²) in [7, 11) is -3.56. The van der Waals surface area contributed by atoms with Crippen molar-refractivity contribution in [2.75, 3.05) is 5.73 Å². The third kappa shape index (κ3) is 3.30. The zero-order valence-corrected chi connectivity index (χ0v) is 12.5. The minimum Gasteiger partial charge on any atom is -0.399 e. The molecule has 0 radical (unpaired) electrons. The molecule has 2 aromatic rings. The molecule has 0 heterocycles. The summed E-state index contributed by atoms with van der Waals surface area (Å²) in [5.74, 6) is 0. The van der Waals surface area contributed by atoms with Crippen molar-refractivity contribution in [3.63, 3.8) is 0 Å². The second kappa shape index (κ2) is 5.83. The van der Waals surface area contributed by atoms with Crippen molar-refractivity contribution in [1.29, 1.82) is 0 Å². The summed E-state index contributed by atoms with van der Waals surface area (Å²) in [6, 6.07) is 11.8. The van der Waals surface area contributed by atoms with Gasteiger partial charge in [0.15, 0.2) is 0 Å². The lowest BCUT2D eigenvalue weighted by molar-refractivity contribution is 0.580. The number of halogens is 1. The molecule has 0 atom stereocenters. The van der Waals surface area contributed by atoms with E-state index in [1.54, 1.807) is 49.4 Å². The van der Waals surface area contributed by atoms with Crippen LogP contribution in [0.1, 0.15) is 11.1 Å². The monoisotopic (exact) mass is 310 g/mol. The molecule has 0 amide bonds. The fourth-order valence-electron chi connectivity index (χ4n) is 1.82. The predicted molar refractivity (Wildman–Crippen MR) is 81.1 cm³/mol. The zero-order valence-electron chi connectivity index (χ0n) is 10.9. The molecule has 106 valence electrons. The molecule has 0 saturated carbocycles. The van der Waals surface area contributed by atoms with Crippen LogP contribution in [0.2, 0.25) is 5.02 Å². The van der Waals surface area contributed by atoms with Gasteiger partial charge in [0, 0.05) is 17.3 Å². The van der Waals surface area contributed by atoms with Gasteiger partial charge in [-0.1, -0.05) is 35.9 Å². The van der Waals surface area contributed by atoms with Crippen molar-refractivity contribution in [2.45, 2.75) is 18.4 Å². The second-order valence-corrected chi connectivity index (χ2v) is 6.58. The average molecular weight is 311 g/mol. The van der Waals surface area contributed by atoms with Crippen LogP contribution in [0, 0.1) is 6.92 Å². The number of aryl methyl sites for hydroxylation is 1. The molecular formula is C14H15ClN2O2S. The number of hydrogen-bond acceptors (Lipinski definition) is 3. The molecule has 6 heteroatoms. The maximum atomic E-state index is 12.2. The van der Waals surface area contributed by atoms with Gasteiger partial charge in [0.05, 0.1) is 4.90 Å². The lowest BCUT2D eigenvalue weighted by atomic mass is 10.2. The molecule has 20 heavy (non-hydrogen) atoms. The normalized spacial score (nSPS) is 11.5. The van der Waals surface area contributed by atoms with E-state index in [2.05, 4.69) is 4.72 Å². The van der Waals surface area contributed by atoms with Crippen LogP contribution in [-0.2, 0) is 16.6 Å². The highest BCUT2D eigenvalue weighted by Gasteiger charge is 2.16. The molecule has 2 aromatic carbocycles. The number of nitrogens with two attached hydrogens (primary N) is 1. The third-order valence-corrected chi connectivity index (χ3v) is 4.83. The SMILES string of the molecule is Cc1ccccc1S(=O)(=O)NCc1ccc(N)cc1Cl. The van der Waals surface area contributed by atoms with Gasteiger partial charge in [-0.25, -0.2) is 13.1 Å². The maximum Gasteiger partial charge on any atom is 0.241 e. The van der Waals surface area contributed by atoms with Crippen LogP contribution in [-0.4, -0.2) is 8.42 Å². The van der Waals surface area contributed by atoms with Gasteiger partial charge >= 0.3 is 0 Å². The highest BCUT2D eigenvalue weighted by atomic mass is 35.5. The Kier molecular flexibility index (Phi) is 4.32. The van der Waals surface area contributed by atoms with E-state index < -0.39 is 10.0 Å². The molecule has 0 aliphatic heterocycles. The van der Waals surface area contributed by atoms with Crippen molar-refractivity contribution in [3.8, 4) is 0 Å². The van der Waals surface area contributed by atoms with Crippen molar-refractivity contribution >= 4 is 27.3 Å². The molecule has 0 fully saturated rings. The largest absolute Gasteiger partial charge is 0.399 e. The topological polar surface area (TPSA) is 72.2 Å². The van der Waals surface area contributed by atoms with Gasteiger partial charge in [0.2, 0.25) is 10.0 Å². The van der Waals surface area contributed by atoms with Crippen LogP contribution < -0.4 is 10.5 Å². The van der Waals surface area contributed by atoms with Crippen LogP contribution in [0.4, 0.5) is 5.69 Å². The Morgan fingerprint density at radius 3 is 2.55 bits per heavy atom. The second-order valence-electron chi connectivity index (χ2n) is 4.44. The summed E-state index contributed by atoms with van der Waals surface area (Å²) in [4.78, 5) is 0.270. The first-order chi connectivity index (χ1) is 9.40. The van der Waals surface area contributed by atoms with E-state index in [0.717, 1.165) is 0 Å². The van der Waals surface area contributed by atoms with Crippen molar-refractivity contribution in [1.82, 2.24) is 4.72 Å². The fraction of sp³-hybridized carbons (Fsp3) is 0.143. The zero-order chi connectivity index (χ0) is 14.8. The number of rotatable bonds is 4. The molecule has 0 aliphatic rings. The summed E-state index contributed by atoms with van der Waals surface area (Å²) in [6.07, 6.45) is 0. The number of anilines is 1. The molecule has 3 N–H and O–H groups in total. The highest BCUT2D eigenvalue weighted by Crippen LogP contribution is 2.20. The van der Waals surface area contributed by atoms with Crippen LogP contribution in [0.5, 0.6) is 0 Å². The van der Waals surface area contributed by atoms with Gasteiger partial charge < -0.3 is 5.73 Å². The summed E-state index contributed by atoms with van der Waals surface area (Å²) < 4.78 is 27.0. The Hall–Kier alpha value is -1.56. The standard InChI is InChI=1S/C14H15ClN2O2S/c1-10-4-2-3-5-14(10)20(18,19)17-9-11-6-7-12(16)8-13(11)15/h2-8,17H,9,16H2,1H3.